The molecule has 0 aromatic heterocycles. The van der Waals surface area contributed by atoms with Crippen LogP contribution < -0.4 is 11.1 Å². The van der Waals surface area contributed by atoms with Gasteiger partial charge in [0.15, 0.2) is 5.78 Å². The molecular weight excluding hydrogens is 368 g/mol. The number of rotatable bonds is 14. The predicted octanol–water partition coefficient (Wildman–Crippen LogP) is -1.34. The first-order chi connectivity index (χ1) is 12.4. The molecular formula is C15H22N2O10. The predicted molar refractivity (Wildman–Crippen MR) is 86.6 cm³/mol. The Morgan fingerprint density at radius 1 is 0.778 bits per heavy atom. The van der Waals surface area contributed by atoms with Gasteiger partial charge in [-0.15, -0.1) is 0 Å². The number of aliphatic carboxylic acids is 4. The third kappa shape index (κ3) is 10.5. The molecule has 0 saturated carbocycles. The average molecular weight is 390 g/mol. The van der Waals surface area contributed by atoms with Crippen molar-refractivity contribution < 1.29 is 49.2 Å². The highest BCUT2D eigenvalue weighted by Gasteiger charge is 2.29. The van der Waals surface area contributed by atoms with E-state index in [1.807, 2.05) is 0 Å². The summed E-state index contributed by atoms with van der Waals surface area (Å²) >= 11 is 0. The number of hydrogen-bond donors (Lipinski definition) is 6. The molecule has 0 aliphatic heterocycles. The first-order valence-corrected chi connectivity index (χ1v) is 7.90. The van der Waals surface area contributed by atoms with Gasteiger partial charge in [0.05, 0.1) is 24.4 Å². The van der Waals surface area contributed by atoms with Crippen LogP contribution in [0, 0.1) is 5.92 Å². The van der Waals surface area contributed by atoms with Gasteiger partial charge >= 0.3 is 23.9 Å². The van der Waals surface area contributed by atoms with Crippen molar-refractivity contribution in [3.8, 4) is 0 Å². The Bertz CT molecular complexity index is 603. The molecule has 0 aliphatic rings. The van der Waals surface area contributed by atoms with Crippen molar-refractivity contribution in [1.29, 1.82) is 0 Å². The Morgan fingerprint density at radius 3 is 1.74 bits per heavy atom. The quantitative estimate of drug-likeness (QED) is 0.204. The molecule has 1 amide bonds. The van der Waals surface area contributed by atoms with E-state index in [4.69, 9.17) is 26.2 Å². The van der Waals surface area contributed by atoms with E-state index in [9.17, 15) is 28.8 Å². The third-order valence-corrected chi connectivity index (χ3v) is 3.59. The molecule has 12 nitrogen and oxygen atoms in total. The Labute approximate surface area is 153 Å². The topological polar surface area (TPSA) is 221 Å². The SMILES string of the molecule is NC(CC(=O)O)C(=O)NC(CCC(=O)O)C(=O)CC(CCC(=O)O)C(=O)O. The molecule has 27 heavy (non-hydrogen) atoms. The maximum Gasteiger partial charge on any atom is 0.306 e. The van der Waals surface area contributed by atoms with E-state index < -0.39 is 79.3 Å². The number of amides is 1. The van der Waals surface area contributed by atoms with E-state index in [-0.39, 0.29) is 12.8 Å². The van der Waals surface area contributed by atoms with Crippen LogP contribution in [0.15, 0.2) is 0 Å². The minimum Gasteiger partial charge on any atom is -0.481 e. The lowest BCUT2D eigenvalue weighted by Gasteiger charge is -2.20. The van der Waals surface area contributed by atoms with E-state index in [1.165, 1.54) is 0 Å². The molecule has 0 saturated heterocycles. The van der Waals surface area contributed by atoms with Crippen LogP contribution in [-0.4, -0.2) is 68.1 Å². The smallest absolute Gasteiger partial charge is 0.306 e. The van der Waals surface area contributed by atoms with Crippen molar-refractivity contribution in [2.75, 3.05) is 0 Å². The number of hydrogen-bond acceptors (Lipinski definition) is 7. The zero-order valence-corrected chi connectivity index (χ0v) is 14.3. The second kappa shape index (κ2) is 11.6. The van der Waals surface area contributed by atoms with Crippen molar-refractivity contribution in [2.45, 2.75) is 50.6 Å². The zero-order chi connectivity index (χ0) is 21.1. The fourth-order valence-electron chi connectivity index (χ4n) is 2.14. The van der Waals surface area contributed by atoms with Gasteiger partial charge in [-0.3, -0.25) is 28.8 Å². The van der Waals surface area contributed by atoms with Gasteiger partial charge in [-0.25, -0.2) is 0 Å². The van der Waals surface area contributed by atoms with Crippen molar-refractivity contribution in [2.24, 2.45) is 11.7 Å². The number of nitrogens with two attached hydrogens (primary N) is 1. The summed E-state index contributed by atoms with van der Waals surface area (Å²) in [6, 6.07) is -2.87. The summed E-state index contributed by atoms with van der Waals surface area (Å²) in [7, 11) is 0. The minimum absolute atomic E-state index is 0.325. The molecule has 152 valence electrons. The second-order valence-corrected chi connectivity index (χ2v) is 5.84. The fourth-order valence-corrected chi connectivity index (χ4v) is 2.14. The van der Waals surface area contributed by atoms with Crippen LogP contribution in [0.3, 0.4) is 0 Å². The van der Waals surface area contributed by atoms with Crippen LogP contribution in [-0.2, 0) is 28.8 Å². The Kier molecular flexibility index (Phi) is 10.3. The summed E-state index contributed by atoms with van der Waals surface area (Å²) in [5, 5.41) is 37.2. The van der Waals surface area contributed by atoms with Crippen LogP contribution in [0.2, 0.25) is 0 Å². The first-order valence-electron chi connectivity index (χ1n) is 7.90. The fraction of sp³-hybridized carbons (Fsp3) is 0.600. The van der Waals surface area contributed by atoms with Crippen molar-refractivity contribution in [1.82, 2.24) is 5.32 Å². The number of carboxylic acid groups (broad SMARTS) is 4. The summed E-state index contributed by atoms with van der Waals surface area (Å²) in [5.41, 5.74) is 5.37. The number of carboxylic acids is 4. The minimum atomic E-state index is -1.48. The summed E-state index contributed by atoms with van der Waals surface area (Å²) < 4.78 is 0. The van der Waals surface area contributed by atoms with E-state index in [2.05, 4.69) is 5.32 Å². The van der Waals surface area contributed by atoms with Gasteiger partial charge in [-0.05, 0) is 12.8 Å². The molecule has 12 heteroatoms. The molecule has 0 bridgehead atoms. The third-order valence-electron chi connectivity index (χ3n) is 3.59. The monoisotopic (exact) mass is 390 g/mol. The maximum atomic E-state index is 12.3. The lowest BCUT2D eigenvalue weighted by Crippen LogP contribution is -2.49. The summed E-state index contributed by atoms with van der Waals surface area (Å²) in [4.78, 5) is 67.2. The highest BCUT2D eigenvalue weighted by atomic mass is 16.4. The second-order valence-electron chi connectivity index (χ2n) is 5.84. The van der Waals surface area contributed by atoms with Crippen LogP contribution in [0.4, 0.5) is 0 Å². The number of carbonyl (C=O) groups excluding carboxylic acids is 2. The van der Waals surface area contributed by atoms with Crippen molar-refractivity contribution in [3.05, 3.63) is 0 Å². The lowest BCUT2D eigenvalue weighted by molar-refractivity contribution is -0.146. The van der Waals surface area contributed by atoms with E-state index >= 15 is 0 Å². The maximum absolute atomic E-state index is 12.3. The van der Waals surface area contributed by atoms with Crippen LogP contribution in [0.5, 0.6) is 0 Å². The van der Waals surface area contributed by atoms with Gasteiger partial charge in [-0.1, -0.05) is 0 Å². The molecule has 0 rings (SSSR count). The van der Waals surface area contributed by atoms with Gasteiger partial charge < -0.3 is 31.5 Å². The molecule has 3 unspecified atom stereocenters. The summed E-state index contributed by atoms with van der Waals surface area (Å²) in [6.45, 7) is 0. The number of Topliss-reactive ketones (excluding diaryl/α,β-unsaturated/α-hetero) is 1. The van der Waals surface area contributed by atoms with Crippen molar-refractivity contribution in [3.63, 3.8) is 0 Å². The molecule has 0 spiro atoms. The zero-order valence-electron chi connectivity index (χ0n) is 14.3. The summed E-state index contributed by atoms with van der Waals surface area (Å²) in [6.07, 6.45) is -3.03. The molecule has 0 aliphatic carbocycles. The lowest BCUT2D eigenvalue weighted by atomic mass is 9.92. The Balaban J connectivity index is 5.12. The van der Waals surface area contributed by atoms with E-state index in [1.54, 1.807) is 0 Å². The number of ketones is 1. The van der Waals surface area contributed by atoms with Gasteiger partial charge in [0.1, 0.15) is 0 Å². The molecule has 3 atom stereocenters. The van der Waals surface area contributed by atoms with E-state index in [0.717, 1.165) is 0 Å². The van der Waals surface area contributed by atoms with E-state index in [0.29, 0.717) is 0 Å². The Morgan fingerprint density at radius 2 is 1.30 bits per heavy atom. The van der Waals surface area contributed by atoms with Gasteiger partial charge in [0, 0.05) is 19.3 Å². The highest BCUT2D eigenvalue weighted by molar-refractivity contribution is 5.93. The molecule has 7 N–H and O–H groups in total. The highest BCUT2D eigenvalue weighted by Crippen LogP contribution is 2.15. The molecule has 0 heterocycles. The number of carbonyl (C=O) groups is 6. The van der Waals surface area contributed by atoms with Gasteiger partial charge in [0.25, 0.3) is 0 Å². The Hall–Kier alpha value is -3.02. The van der Waals surface area contributed by atoms with Crippen LogP contribution >= 0.6 is 0 Å². The normalized spacial score (nSPS) is 13.8. The molecule has 0 fully saturated rings. The van der Waals surface area contributed by atoms with Crippen LogP contribution in [0.25, 0.3) is 0 Å². The standard InChI is InChI=1S/C15H22N2O10/c16-8(6-13(23)24)14(25)17-9(2-4-12(21)22)10(18)5-7(15(26)27)1-3-11(19)20/h7-9H,1-6,16H2,(H,17,25)(H,19,20)(H,21,22)(H,23,24)(H,26,27). The van der Waals surface area contributed by atoms with Gasteiger partial charge in [0.2, 0.25) is 5.91 Å². The first kappa shape index (κ1) is 24.0. The molecule has 0 radical (unpaired) electrons. The largest absolute Gasteiger partial charge is 0.481 e. The number of nitrogens with one attached hydrogen (secondary N) is 1. The van der Waals surface area contributed by atoms with Gasteiger partial charge in [-0.2, -0.15) is 0 Å². The average Bonchev–Trinajstić information content (AvgIpc) is 2.53. The van der Waals surface area contributed by atoms with Crippen LogP contribution in [0.1, 0.15) is 38.5 Å². The molecule has 0 aromatic carbocycles. The van der Waals surface area contributed by atoms with Crippen molar-refractivity contribution >= 4 is 35.6 Å². The molecule has 0 aromatic rings. The summed E-state index contributed by atoms with van der Waals surface area (Å²) in [5.74, 6) is -8.42.